The number of sulfonamides is 1. The number of halogens is 2. The third kappa shape index (κ3) is 5.09. The molecule has 0 bridgehead atoms. The van der Waals surface area contributed by atoms with Gasteiger partial charge in [-0.2, -0.15) is 0 Å². The second-order valence-corrected chi connectivity index (χ2v) is 6.98. The average Bonchev–Trinajstić information content (AvgIpc) is 2.52. The van der Waals surface area contributed by atoms with Gasteiger partial charge in [-0.15, -0.1) is 0 Å². The quantitative estimate of drug-likeness (QED) is 0.811. The Kier molecular flexibility index (Phi) is 5.81. The van der Waals surface area contributed by atoms with Gasteiger partial charge in [0.15, 0.2) is 0 Å². The molecule has 0 aliphatic carbocycles. The van der Waals surface area contributed by atoms with Crippen molar-refractivity contribution in [1.29, 1.82) is 0 Å². The summed E-state index contributed by atoms with van der Waals surface area (Å²) in [4.78, 5) is 0. The van der Waals surface area contributed by atoms with Crippen molar-refractivity contribution in [2.75, 3.05) is 12.3 Å². The van der Waals surface area contributed by atoms with Gasteiger partial charge >= 0.3 is 0 Å². The van der Waals surface area contributed by atoms with E-state index in [0.29, 0.717) is 6.42 Å². The minimum atomic E-state index is -3.66. The van der Waals surface area contributed by atoms with Crippen molar-refractivity contribution in [3.63, 3.8) is 0 Å². The minimum absolute atomic E-state index is 0.177. The van der Waals surface area contributed by atoms with Gasteiger partial charge in [0.05, 0.1) is 17.4 Å². The number of nitrogens with one attached hydrogen (secondary N) is 1. The summed E-state index contributed by atoms with van der Waals surface area (Å²) < 4.78 is 53.0. The van der Waals surface area contributed by atoms with Crippen molar-refractivity contribution in [1.82, 2.24) is 4.72 Å². The van der Waals surface area contributed by atoms with Gasteiger partial charge in [-0.05, 0) is 24.1 Å². The molecule has 0 spiro atoms. The largest absolute Gasteiger partial charge is 0.387 e. The van der Waals surface area contributed by atoms with E-state index >= 15 is 0 Å². The molecule has 0 aliphatic rings. The Balaban J connectivity index is 1.93. The highest BCUT2D eigenvalue weighted by atomic mass is 32.2. The van der Waals surface area contributed by atoms with Crippen LogP contribution in [0.3, 0.4) is 0 Å². The van der Waals surface area contributed by atoms with E-state index in [1.54, 1.807) is 24.3 Å². The molecule has 0 saturated carbocycles. The maximum atomic E-state index is 13.5. The molecule has 23 heavy (non-hydrogen) atoms. The molecule has 1 atom stereocenters. The Bertz CT molecular complexity index is 731. The summed E-state index contributed by atoms with van der Waals surface area (Å²) in [6.07, 6.45) is -1.29. The molecule has 0 heterocycles. The number of hydrogen-bond donors (Lipinski definition) is 2. The molecule has 0 unspecified atom stereocenters. The highest BCUT2D eigenvalue weighted by Crippen LogP contribution is 2.20. The van der Waals surface area contributed by atoms with Crippen molar-refractivity contribution in [2.45, 2.75) is 12.5 Å². The second kappa shape index (κ2) is 7.63. The first-order valence-corrected chi connectivity index (χ1v) is 8.67. The fourth-order valence-corrected chi connectivity index (χ4v) is 3.17. The molecule has 0 amide bonds. The van der Waals surface area contributed by atoms with E-state index < -0.39 is 39.9 Å². The van der Waals surface area contributed by atoms with Crippen molar-refractivity contribution in [2.24, 2.45) is 0 Å². The number of hydrogen-bond acceptors (Lipinski definition) is 3. The summed E-state index contributed by atoms with van der Waals surface area (Å²) in [5, 5.41) is 9.82. The standard InChI is InChI=1S/C16H17F2NO3S/c17-13-7-4-8-14(18)16(13)15(20)11-19-23(21,22)10-9-12-5-2-1-3-6-12/h1-8,15,19-20H,9-11H2/t15-/m1/s1. The van der Waals surface area contributed by atoms with Crippen molar-refractivity contribution in [3.05, 3.63) is 71.3 Å². The van der Waals surface area contributed by atoms with Crippen LogP contribution < -0.4 is 4.72 Å². The molecule has 2 N–H and O–H groups in total. The van der Waals surface area contributed by atoms with Crippen LogP contribution in [0.1, 0.15) is 17.2 Å². The highest BCUT2D eigenvalue weighted by Gasteiger charge is 2.20. The van der Waals surface area contributed by atoms with E-state index in [1.807, 2.05) is 6.07 Å². The van der Waals surface area contributed by atoms with Gasteiger partial charge < -0.3 is 5.11 Å². The lowest BCUT2D eigenvalue weighted by molar-refractivity contribution is 0.172. The van der Waals surface area contributed by atoms with E-state index in [9.17, 15) is 22.3 Å². The zero-order valence-corrected chi connectivity index (χ0v) is 13.1. The Labute approximate surface area is 133 Å². The molecule has 2 rings (SSSR count). The number of rotatable bonds is 7. The monoisotopic (exact) mass is 341 g/mol. The molecule has 2 aromatic carbocycles. The fourth-order valence-electron chi connectivity index (χ4n) is 2.11. The molecular formula is C16H17F2NO3S. The van der Waals surface area contributed by atoms with Crippen molar-refractivity contribution in [3.8, 4) is 0 Å². The average molecular weight is 341 g/mol. The third-order valence-corrected chi connectivity index (χ3v) is 4.68. The number of aliphatic hydroxyl groups excluding tert-OH is 1. The molecule has 124 valence electrons. The number of aliphatic hydroxyl groups is 1. The lowest BCUT2D eigenvalue weighted by Crippen LogP contribution is -2.31. The van der Waals surface area contributed by atoms with E-state index in [1.165, 1.54) is 6.07 Å². The smallest absolute Gasteiger partial charge is 0.212 e. The van der Waals surface area contributed by atoms with E-state index in [4.69, 9.17) is 0 Å². The molecule has 0 aliphatic heterocycles. The lowest BCUT2D eigenvalue weighted by Gasteiger charge is -2.14. The number of aryl methyl sites for hydroxylation is 1. The SMILES string of the molecule is O=S(=O)(CCc1ccccc1)NC[C@@H](O)c1c(F)cccc1F. The zero-order chi connectivity index (χ0) is 16.9. The fraction of sp³-hybridized carbons (Fsp3) is 0.250. The third-order valence-electron chi connectivity index (χ3n) is 3.33. The van der Waals surface area contributed by atoms with Crippen LogP contribution >= 0.6 is 0 Å². The van der Waals surface area contributed by atoms with E-state index in [2.05, 4.69) is 4.72 Å². The second-order valence-electron chi connectivity index (χ2n) is 5.05. The van der Waals surface area contributed by atoms with Gasteiger partial charge in [0.25, 0.3) is 0 Å². The van der Waals surface area contributed by atoms with Crippen molar-refractivity contribution < 1.29 is 22.3 Å². The van der Waals surface area contributed by atoms with Gasteiger partial charge in [0, 0.05) is 6.54 Å². The Morgan fingerprint density at radius 1 is 1.00 bits per heavy atom. The minimum Gasteiger partial charge on any atom is -0.387 e. The van der Waals surface area contributed by atoms with Gasteiger partial charge in [0.1, 0.15) is 11.6 Å². The molecule has 2 aromatic rings. The Morgan fingerprint density at radius 3 is 2.22 bits per heavy atom. The predicted molar refractivity (Wildman–Crippen MR) is 83.3 cm³/mol. The molecule has 4 nitrogen and oxygen atoms in total. The van der Waals surface area contributed by atoms with Crippen LogP contribution in [0.5, 0.6) is 0 Å². The van der Waals surface area contributed by atoms with Crippen molar-refractivity contribution >= 4 is 10.0 Å². The topological polar surface area (TPSA) is 66.4 Å². The van der Waals surface area contributed by atoms with Crippen LogP contribution in [-0.4, -0.2) is 25.8 Å². The van der Waals surface area contributed by atoms with Gasteiger partial charge in [0.2, 0.25) is 10.0 Å². The summed E-state index contributed by atoms with van der Waals surface area (Å²) in [7, 11) is -3.66. The molecule has 0 radical (unpaired) electrons. The van der Waals surface area contributed by atoms with Gasteiger partial charge in [-0.25, -0.2) is 21.9 Å². The maximum absolute atomic E-state index is 13.5. The highest BCUT2D eigenvalue weighted by molar-refractivity contribution is 7.89. The first-order chi connectivity index (χ1) is 10.9. The molecule has 0 saturated heterocycles. The molecular weight excluding hydrogens is 324 g/mol. The normalized spacial score (nSPS) is 13.0. The zero-order valence-electron chi connectivity index (χ0n) is 12.2. The van der Waals surface area contributed by atoms with Crippen LogP contribution in [0.25, 0.3) is 0 Å². The summed E-state index contributed by atoms with van der Waals surface area (Å²) in [5.74, 6) is -2.01. The summed E-state index contributed by atoms with van der Waals surface area (Å²) in [6, 6.07) is 12.2. The van der Waals surface area contributed by atoms with Crippen LogP contribution in [0, 0.1) is 11.6 Å². The van der Waals surface area contributed by atoms with Crippen LogP contribution in [-0.2, 0) is 16.4 Å². The molecule has 0 aromatic heterocycles. The van der Waals surface area contributed by atoms with Gasteiger partial charge in [-0.1, -0.05) is 36.4 Å². The number of benzene rings is 2. The first kappa shape index (κ1) is 17.5. The van der Waals surface area contributed by atoms with E-state index in [0.717, 1.165) is 17.7 Å². The van der Waals surface area contributed by atoms with Gasteiger partial charge in [-0.3, -0.25) is 0 Å². The van der Waals surface area contributed by atoms with Crippen LogP contribution in [0.15, 0.2) is 48.5 Å². The first-order valence-electron chi connectivity index (χ1n) is 7.02. The predicted octanol–water partition coefficient (Wildman–Crippen LogP) is 2.16. The Morgan fingerprint density at radius 2 is 1.61 bits per heavy atom. The summed E-state index contributed by atoms with van der Waals surface area (Å²) in [5.41, 5.74) is 0.317. The summed E-state index contributed by atoms with van der Waals surface area (Å²) >= 11 is 0. The summed E-state index contributed by atoms with van der Waals surface area (Å²) in [6.45, 7) is -0.491. The lowest BCUT2D eigenvalue weighted by atomic mass is 10.1. The Hall–Kier alpha value is -1.83. The maximum Gasteiger partial charge on any atom is 0.212 e. The van der Waals surface area contributed by atoms with E-state index in [-0.39, 0.29) is 5.75 Å². The van der Waals surface area contributed by atoms with Crippen LogP contribution in [0.2, 0.25) is 0 Å². The van der Waals surface area contributed by atoms with Crippen LogP contribution in [0.4, 0.5) is 8.78 Å². The molecule has 7 heteroatoms. The molecule has 0 fully saturated rings.